The Balaban J connectivity index is 2.24. The van der Waals surface area contributed by atoms with Crippen LogP contribution < -0.4 is 5.32 Å². The van der Waals surface area contributed by atoms with Crippen LogP contribution in [0, 0.1) is 0 Å². The van der Waals surface area contributed by atoms with E-state index in [2.05, 4.69) is 5.32 Å². The van der Waals surface area contributed by atoms with Crippen LogP contribution in [-0.2, 0) is 4.79 Å². The quantitative estimate of drug-likeness (QED) is 0.699. The van der Waals surface area contributed by atoms with Gasteiger partial charge in [-0.05, 0) is 26.7 Å². The second-order valence-corrected chi connectivity index (χ2v) is 3.83. The molecule has 1 rings (SSSR count). The van der Waals surface area contributed by atoms with Gasteiger partial charge in [0.2, 0.25) is 0 Å². The molecule has 0 heterocycles. The SMILES string of the molecule is CC(=O)C(C)NC1CCCCC1. The van der Waals surface area contributed by atoms with E-state index in [1.165, 1.54) is 32.1 Å². The zero-order valence-electron chi connectivity index (χ0n) is 8.10. The Morgan fingerprint density at radius 2 is 1.92 bits per heavy atom. The fourth-order valence-electron chi connectivity index (χ4n) is 1.74. The van der Waals surface area contributed by atoms with Crippen LogP contribution in [-0.4, -0.2) is 17.9 Å². The minimum atomic E-state index is 0.0492. The van der Waals surface area contributed by atoms with Crippen LogP contribution in [0.3, 0.4) is 0 Å². The fourth-order valence-corrected chi connectivity index (χ4v) is 1.74. The lowest BCUT2D eigenvalue weighted by molar-refractivity contribution is -0.118. The minimum Gasteiger partial charge on any atom is -0.305 e. The summed E-state index contributed by atoms with van der Waals surface area (Å²) in [5.74, 6) is 0.251. The van der Waals surface area contributed by atoms with Gasteiger partial charge in [-0.1, -0.05) is 19.3 Å². The molecule has 2 heteroatoms. The lowest BCUT2D eigenvalue weighted by atomic mass is 9.95. The van der Waals surface area contributed by atoms with Crippen molar-refractivity contribution in [2.75, 3.05) is 0 Å². The van der Waals surface area contributed by atoms with Crippen molar-refractivity contribution in [1.29, 1.82) is 0 Å². The van der Waals surface area contributed by atoms with Crippen LogP contribution >= 0.6 is 0 Å². The van der Waals surface area contributed by atoms with Crippen LogP contribution in [0.1, 0.15) is 46.0 Å². The molecule has 0 aromatic rings. The number of ketones is 1. The van der Waals surface area contributed by atoms with E-state index in [0.717, 1.165) is 0 Å². The summed E-state index contributed by atoms with van der Waals surface area (Å²) in [6, 6.07) is 0.644. The topological polar surface area (TPSA) is 29.1 Å². The highest BCUT2D eigenvalue weighted by atomic mass is 16.1. The molecule has 0 aromatic carbocycles. The summed E-state index contributed by atoms with van der Waals surface area (Å²) in [5, 5.41) is 3.37. The van der Waals surface area contributed by atoms with Crippen LogP contribution in [0.2, 0.25) is 0 Å². The summed E-state index contributed by atoms with van der Waals surface area (Å²) in [5.41, 5.74) is 0. The van der Waals surface area contributed by atoms with Crippen LogP contribution in [0.5, 0.6) is 0 Å². The predicted molar refractivity (Wildman–Crippen MR) is 50.2 cm³/mol. The van der Waals surface area contributed by atoms with Crippen molar-refractivity contribution in [3.05, 3.63) is 0 Å². The summed E-state index contributed by atoms with van der Waals surface area (Å²) < 4.78 is 0. The summed E-state index contributed by atoms with van der Waals surface area (Å²) in [6.45, 7) is 3.61. The van der Waals surface area contributed by atoms with E-state index in [0.29, 0.717) is 6.04 Å². The second kappa shape index (κ2) is 4.61. The van der Waals surface area contributed by atoms with Gasteiger partial charge in [0.1, 0.15) is 5.78 Å². The predicted octanol–water partition coefficient (Wildman–Crippen LogP) is 1.89. The molecule has 0 aliphatic heterocycles. The number of nitrogens with one attached hydrogen (secondary N) is 1. The number of hydrogen-bond donors (Lipinski definition) is 1. The van der Waals surface area contributed by atoms with Gasteiger partial charge in [-0.2, -0.15) is 0 Å². The van der Waals surface area contributed by atoms with Gasteiger partial charge in [-0.3, -0.25) is 4.79 Å². The van der Waals surface area contributed by atoms with Crippen molar-refractivity contribution < 1.29 is 4.79 Å². The van der Waals surface area contributed by atoms with E-state index in [1.54, 1.807) is 6.92 Å². The second-order valence-electron chi connectivity index (χ2n) is 3.83. The van der Waals surface area contributed by atoms with E-state index in [-0.39, 0.29) is 11.8 Å². The van der Waals surface area contributed by atoms with Gasteiger partial charge >= 0.3 is 0 Å². The Bertz CT molecular complexity index is 150. The van der Waals surface area contributed by atoms with Crippen molar-refractivity contribution in [3.8, 4) is 0 Å². The molecular weight excluding hydrogens is 150 g/mol. The van der Waals surface area contributed by atoms with Crippen molar-refractivity contribution in [2.45, 2.75) is 58.0 Å². The van der Waals surface area contributed by atoms with Crippen LogP contribution in [0.15, 0.2) is 0 Å². The number of carbonyl (C=O) groups is 1. The van der Waals surface area contributed by atoms with Crippen molar-refractivity contribution in [3.63, 3.8) is 0 Å². The number of carbonyl (C=O) groups excluding carboxylic acids is 1. The summed E-state index contributed by atoms with van der Waals surface area (Å²) in [4.78, 5) is 11.0. The molecule has 1 aliphatic rings. The molecular formula is C10H19NO. The third-order valence-corrected chi connectivity index (χ3v) is 2.70. The first kappa shape index (κ1) is 9.72. The monoisotopic (exact) mass is 169 g/mol. The first-order valence-electron chi connectivity index (χ1n) is 4.96. The molecule has 1 unspecified atom stereocenters. The third-order valence-electron chi connectivity index (χ3n) is 2.70. The zero-order chi connectivity index (χ0) is 8.97. The Labute approximate surface area is 74.7 Å². The highest BCUT2D eigenvalue weighted by molar-refractivity contribution is 5.80. The molecule has 0 spiro atoms. The number of rotatable bonds is 3. The molecule has 0 aromatic heterocycles. The van der Waals surface area contributed by atoms with E-state index in [9.17, 15) is 4.79 Å². The largest absolute Gasteiger partial charge is 0.305 e. The summed E-state index contributed by atoms with van der Waals surface area (Å²) >= 11 is 0. The highest BCUT2D eigenvalue weighted by Crippen LogP contribution is 2.17. The lowest BCUT2D eigenvalue weighted by Crippen LogP contribution is -2.41. The van der Waals surface area contributed by atoms with Gasteiger partial charge in [0.15, 0.2) is 0 Å². The maximum atomic E-state index is 11.0. The first-order valence-corrected chi connectivity index (χ1v) is 4.96. The fraction of sp³-hybridized carbons (Fsp3) is 0.900. The number of hydrogen-bond acceptors (Lipinski definition) is 2. The Kier molecular flexibility index (Phi) is 3.73. The molecule has 0 bridgehead atoms. The van der Waals surface area contributed by atoms with Crippen molar-refractivity contribution in [1.82, 2.24) is 5.32 Å². The lowest BCUT2D eigenvalue weighted by Gasteiger charge is -2.25. The van der Waals surface area contributed by atoms with E-state index in [1.807, 2.05) is 6.92 Å². The Morgan fingerprint density at radius 1 is 1.33 bits per heavy atom. The molecule has 0 amide bonds. The smallest absolute Gasteiger partial charge is 0.146 e. The standard InChI is InChI=1S/C10H19NO/c1-8(9(2)12)11-10-6-4-3-5-7-10/h8,10-11H,3-7H2,1-2H3. The van der Waals surface area contributed by atoms with Gasteiger partial charge in [0, 0.05) is 6.04 Å². The van der Waals surface area contributed by atoms with Gasteiger partial charge in [0.25, 0.3) is 0 Å². The maximum absolute atomic E-state index is 11.0. The third kappa shape index (κ3) is 2.94. The molecule has 1 fully saturated rings. The molecule has 0 saturated heterocycles. The number of Topliss-reactive ketones (excluding diaryl/α,β-unsaturated/α-hetero) is 1. The van der Waals surface area contributed by atoms with Crippen LogP contribution in [0.25, 0.3) is 0 Å². The molecule has 1 atom stereocenters. The normalized spacial score (nSPS) is 22.2. The van der Waals surface area contributed by atoms with Crippen LogP contribution in [0.4, 0.5) is 0 Å². The average Bonchev–Trinajstić information content (AvgIpc) is 2.06. The molecule has 1 N–H and O–H groups in total. The van der Waals surface area contributed by atoms with Gasteiger partial charge < -0.3 is 5.32 Å². The van der Waals surface area contributed by atoms with E-state index >= 15 is 0 Å². The molecule has 0 radical (unpaired) electrons. The minimum absolute atomic E-state index is 0.0492. The molecule has 1 aliphatic carbocycles. The Hall–Kier alpha value is -0.370. The van der Waals surface area contributed by atoms with Crippen molar-refractivity contribution >= 4 is 5.78 Å². The maximum Gasteiger partial charge on any atom is 0.146 e. The molecule has 12 heavy (non-hydrogen) atoms. The highest BCUT2D eigenvalue weighted by Gasteiger charge is 2.16. The van der Waals surface area contributed by atoms with Crippen molar-refractivity contribution in [2.24, 2.45) is 0 Å². The molecule has 70 valence electrons. The molecule has 2 nitrogen and oxygen atoms in total. The van der Waals surface area contributed by atoms with Gasteiger partial charge in [-0.25, -0.2) is 0 Å². The summed E-state index contributed by atoms with van der Waals surface area (Å²) in [6.07, 6.45) is 6.51. The molecule has 1 saturated carbocycles. The zero-order valence-corrected chi connectivity index (χ0v) is 8.10. The van der Waals surface area contributed by atoms with E-state index < -0.39 is 0 Å². The van der Waals surface area contributed by atoms with Gasteiger partial charge in [0.05, 0.1) is 6.04 Å². The Morgan fingerprint density at radius 3 is 2.42 bits per heavy atom. The van der Waals surface area contributed by atoms with E-state index in [4.69, 9.17) is 0 Å². The first-order chi connectivity index (χ1) is 5.70. The summed E-state index contributed by atoms with van der Waals surface area (Å²) in [7, 11) is 0. The van der Waals surface area contributed by atoms with Gasteiger partial charge in [-0.15, -0.1) is 0 Å². The average molecular weight is 169 g/mol.